The molecule has 5 nitrogen and oxygen atoms in total. The van der Waals surface area contributed by atoms with Crippen LogP contribution in [0.3, 0.4) is 0 Å². The normalized spacial score (nSPS) is 22.7. The second-order valence-corrected chi connectivity index (χ2v) is 6.37. The van der Waals surface area contributed by atoms with Crippen molar-refractivity contribution in [2.75, 3.05) is 52.4 Å². The van der Waals surface area contributed by atoms with Crippen molar-refractivity contribution in [3.05, 3.63) is 0 Å². The van der Waals surface area contributed by atoms with E-state index in [4.69, 9.17) is 5.11 Å². The van der Waals surface area contributed by atoms with E-state index < -0.39 is 0 Å². The summed E-state index contributed by atoms with van der Waals surface area (Å²) < 4.78 is 0. The lowest BCUT2D eigenvalue weighted by Gasteiger charge is -2.38. The predicted octanol–water partition coefficient (Wildman–Crippen LogP) is 0.778. The van der Waals surface area contributed by atoms with E-state index in [0.29, 0.717) is 12.5 Å². The first-order chi connectivity index (χ1) is 10.2. The quantitative estimate of drug-likeness (QED) is 0.706. The second kappa shape index (κ2) is 8.71. The number of likely N-dealkylation sites (tertiary alicyclic amines) is 1. The van der Waals surface area contributed by atoms with E-state index in [2.05, 4.69) is 16.7 Å². The maximum absolute atomic E-state index is 12.4. The molecule has 1 atom stereocenters. The Morgan fingerprint density at radius 1 is 1.00 bits per heavy atom. The van der Waals surface area contributed by atoms with Gasteiger partial charge in [0.25, 0.3) is 0 Å². The van der Waals surface area contributed by atoms with Crippen LogP contribution in [0, 0.1) is 0 Å². The Labute approximate surface area is 128 Å². The standard InChI is InChI=1S/C16H31N3O2/c1-15(16(21)19-8-4-5-9-19)18-12-10-17(11-13-18)7-3-2-6-14-20/h15,20H,2-14H2,1H3. The van der Waals surface area contributed by atoms with Gasteiger partial charge in [0, 0.05) is 45.9 Å². The highest BCUT2D eigenvalue weighted by Gasteiger charge is 2.29. The summed E-state index contributed by atoms with van der Waals surface area (Å²) >= 11 is 0. The van der Waals surface area contributed by atoms with Gasteiger partial charge in [0.1, 0.15) is 0 Å². The van der Waals surface area contributed by atoms with Gasteiger partial charge in [0.15, 0.2) is 0 Å². The SMILES string of the molecule is CC(C(=O)N1CCCC1)N1CCN(CCCCCO)CC1. The summed E-state index contributed by atoms with van der Waals surface area (Å²) in [4.78, 5) is 19.3. The van der Waals surface area contributed by atoms with Crippen molar-refractivity contribution in [3.63, 3.8) is 0 Å². The van der Waals surface area contributed by atoms with Gasteiger partial charge in [-0.1, -0.05) is 0 Å². The van der Waals surface area contributed by atoms with Crippen LogP contribution in [0.5, 0.6) is 0 Å². The number of rotatable bonds is 7. The summed E-state index contributed by atoms with van der Waals surface area (Å²) in [7, 11) is 0. The lowest BCUT2D eigenvalue weighted by atomic mass is 10.2. The van der Waals surface area contributed by atoms with Gasteiger partial charge in [0.05, 0.1) is 6.04 Å². The van der Waals surface area contributed by atoms with E-state index in [-0.39, 0.29) is 6.04 Å². The van der Waals surface area contributed by atoms with E-state index >= 15 is 0 Å². The molecule has 0 spiro atoms. The van der Waals surface area contributed by atoms with E-state index in [1.807, 2.05) is 4.90 Å². The first kappa shape index (κ1) is 16.7. The fourth-order valence-electron chi connectivity index (χ4n) is 3.36. The second-order valence-electron chi connectivity index (χ2n) is 6.37. The first-order valence-electron chi connectivity index (χ1n) is 8.58. The number of amides is 1. The molecule has 2 fully saturated rings. The lowest BCUT2D eigenvalue weighted by Crippen LogP contribution is -2.54. The molecule has 0 aliphatic carbocycles. The average Bonchev–Trinajstić information content (AvgIpc) is 3.05. The highest BCUT2D eigenvalue weighted by atomic mass is 16.2. The zero-order valence-corrected chi connectivity index (χ0v) is 13.5. The van der Waals surface area contributed by atoms with E-state index in [0.717, 1.165) is 58.7 Å². The van der Waals surface area contributed by atoms with Crippen LogP contribution in [-0.2, 0) is 4.79 Å². The molecule has 5 heteroatoms. The Hall–Kier alpha value is -0.650. The largest absolute Gasteiger partial charge is 0.396 e. The maximum Gasteiger partial charge on any atom is 0.239 e. The summed E-state index contributed by atoms with van der Waals surface area (Å²) in [6, 6.07) is 0.0413. The number of carbonyl (C=O) groups is 1. The third-order valence-corrected chi connectivity index (χ3v) is 4.86. The molecule has 1 unspecified atom stereocenters. The minimum Gasteiger partial charge on any atom is -0.396 e. The monoisotopic (exact) mass is 297 g/mol. The van der Waals surface area contributed by atoms with Gasteiger partial charge in [0.2, 0.25) is 5.91 Å². The Morgan fingerprint density at radius 2 is 1.67 bits per heavy atom. The zero-order chi connectivity index (χ0) is 15.1. The minimum absolute atomic E-state index is 0.0413. The van der Waals surface area contributed by atoms with Crippen molar-refractivity contribution in [3.8, 4) is 0 Å². The van der Waals surface area contributed by atoms with Crippen molar-refractivity contribution in [2.45, 2.75) is 45.1 Å². The Bertz CT molecular complexity index is 311. The number of unbranched alkanes of at least 4 members (excludes halogenated alkanes) is 2. The zero-order valence-electron chi connectivity index (χ0n) is 13.5. The molecule has 122 valence electrons. The number of hydrogen-bond donors (Lipinski definition) is 1. The molecule has 2 aliphatic rings. The fraction of sp³-hybridized carbons (Fsp3) is 0.938. The van der Waals surface area contributed by atoms with Gasteiger partial charge >= 0.3 is 0 Å². The Morgan fingerprint density at radius 3 is 2.29 bits per heavy atom. The smallest absolute Gasteiger partial charge is 0.239 e. The lowest BCUT2D eigenvalue weighted by molar-refractivity contribution is -0.136. The molecule has 0 saturated carbocycles. The van der Waals surface area contributed by atoms with Crippen LogP contribution in [0.15, 0.2) is 0 Å². The van der Waals surface area contributed by atoms with Crippen LogP contribution in [0.2, 0.25) is 0 Å². The molecule has 2 rings (SSSR count). The molecule has 0 radical (unpaired) electrons. The van der Waals surface area contributed by atoms with E-state index in [1.165, 1.54) is 19.3 Å². The number of aliphatic hydroxyl groups is 1. The molecule has 21 heavy (non-hydrogen) atoms. The number of aliphatic hydroxyl groups excluding tert-OH is 1. The topological polar surface area (TPSA) is 47.0 Å². The van der Waals surface area contributed by atoms with Crippen molar-refractivity contribution in [2.24, 2.45) is 0 Å². The van der Waals surface area contributed by atoms with Crippen LogP contribution in [0.4, 0.5) is 0 Å². The van der Waals surface area contributed by atoms with Gasteiger partial charge in [-0.2, -0.15) is 0 Å². The number of carbonyl (C=O) groups excluding carboxylic acids is 1. The van der Waals surface area contributed by atoms with E-state index in [1.54, 1.807) is 0 Å². The van der Waals surface area contributed by atoms with Crippen molar-refractivity contribution in [1.82, 2.24) is 14.7 Å². The first-order valence-corrected chi connectivity index (χ1v) is 8.58. The maximum atomic E-state index is 12.4. The van der Waals surface area contributed by atoms with Crippen LogP contribution >= 0.6 is 0 Å². The molecule has 0 aromatic carbocycles. The van der Waals surface area contributed by atoms with Gasteiger partial charge in [-0.3, -0.25) is 9.69 Å². The summed E-state index contributed by atoms with van der Waals surface area (Å²) in [5.41, 5.74) is 0. The Balaban J connectivity index is 1.66. The van der Waals surface area contributed by atoms with E-state index in [9.17, 15) is 4.79 Å². The molecule has 2 saturated heterocycles. The van der Waals surface area contributed by atoms with Gasteiger partial charge in [-0.15, -0.1) is 0 Å². The number of piperazine rings is 1. The van der Waals surface area contributed by atoms with Gasteiger partial charge < -0.3 is 14.9 Å². The number of nitrogens with zero attached hydrogens (tertiary/aromatic N) is 3. The fourth-order valence-corrected chi connectivity index (χ4v) is 3.36. The summed E-state index contributed by atoms with van der Waals surface area (Å²) in [5, 5.41) is 8.78. The molecule has 1 N–H and O–H groups in total. The molecule has 1 amide bonds. The molecule has 0 bridgehead atoms. The van der Waals surface area contributed by atoms with Crippen LogP contribution in [-0.4, -0.2) is 84.2 Å². The van der Waals surface area contributed by atoms with Gasteiger partial charge in [-0.25, -0.2) is 0 Å². The highest BCUT2D eigenvalue weighted by molar-refractivity contribution is 5.81. The average molecular weight is 297 g/mol. The summed E-state index contributed by atoms with van der Waals surface area (Å²) in [5.74, 6) is 0.323. The molecule has 2 aliphatic heterocycles. The predicted molar refractivity (Wildman–Crippen MR) is 84.2 cm³/mol. The molecule has 0 aromatic heterocycles. The van der Waals surface area contributed by atoms with Crippen molar-refractivity contribution in [1.29, 1.82) is 0 Å². The summed E-state index contributed by atoms with van der Waals surface area (Å²) in [6.07, 6.45) is 5.53. The summed E-state index contributed by atoms with van der Waals surface area (Å²) in [6.45, 7) is 9.54. The van der Waals surface area contributed by atoms with Crippen LogP contribution < -0.4 is 0 Å². The van der Waals surface area contributed by atoms with Crippen LogP contribution in [0.1, 0.15) is 39.0 Å². The van der Waals surface area contributed by atoms with Crippen molar-refractivity contribution < 1.29 is 9.90 Å². The molecular formula is C16H31N3O2. The minimum atomic E-state index is 0.0413. The van der Waals surface area contributed by atoms with Crippen LogP contribution in [0.25, 0.3) is 0 Å². The third-order valence-electron chi connectivity index (χ3n) is 4.86. The molecule has 2 heterocycles. The third kappa shape index (κ3) is 4.94. The molecular weight excluding hydrogens is 266 g/mol. The Kier molecular flexibility index (Phi) is 6.93. The highest BCUT2D eigenvalue weighted by Crippen LogP contribution is 2.14. The van der Waals surface area contributed by atoms with Crippen molar-refractivity contribution >= 4 is 5.91 Å². The number of hydrogen-bond acceptors (Lipinski definition) is 4. The molecule has 0 aromatic rings. The van der Waals surface area contributed by atoms with Gasteiger partial charge in [-0.05, 0) is 45.6 Å².